The number of pyridine rings is 2. The first-order valence-electron chi connectivity index (χ1n) is 17.7. The lowest BCUT2D eigenvalue weighted by Crippen LogP contribution is -2.33. The molecule has 12 nitrogen and oxygen atoms in total. The van der Waals surface area contributed by atoms with Crippen molar-refractivity contribution >= 4 is 29.5 Å². The van der Waals surface area contributed by atoms with Crippen LogP contribution in [0.2, 0.25) is 0 Å². The third kappa shape index (κ3) is 7.10. The van der Waals surface area contributed by atoms with Crippen molar-refractivity contribution in [1.82, 2.24) is 19.8 Å². The van der Waals surface area contributed by atoms with Crippen LogP contribution in [0.15, 0.2) is 128 Å². The highest BCUT2D eigenvalue weighted by Crippen LogP contribution is 2.56. The van der Waals surface area contributed by atoms with Crippen LogP contribution in [-0.4, -0.2) is 52.0 Å². The highest BCUT2D eigenvalue weighted by atomic mass is 19.1. The van der Waals surface area contributed by atoms with Crippen LogP contribution in [0.3, 0.4) is 0 Å². The first-order chi connectivity index (χ1) is 27.2. The summed E-state index contributed by atoms with van der Waals surface area (Å²) in [4.78, 5) is 51.5. The van der Waals surface area contributed by atoms with Crippen LogP contribution in [0.1, 0.15) is 44.0 Å². The van der Waals surface area contributed by atoms with Gasteiger partial charge < -0.3 is 24.4 Å². The number of benzene rings is 4. The first kappa shape index (κ1) is 35.9. The van der Waals surface area contributed by atoms with Gasteiger partial charge in [0.15, 0.2) is 5.60 Å². The Balaban J connectivity index is 1.06. The Hall–Kier alpha value is -7.12. The van der Waals surface area contributed by atoms with Crippen molar-refractivity contribution in [3.63, 3.8) is 0 Å². The quantitative estimate of drug-likeness (QED) is 0.141. The summed E-state index contributed by atoms with van der Waals surface area (Å²) in [7, 11) is 3.27. The van der Waals surface area contributed by atoms with Crippen LogP contribution in [-0.2, 0) is 30.0 Å². The predicted octanol–water partition coefficient (Wildman–Crippen LogP) is 8.09. The Bertz CT molecular complexity index is 2480. The maximum Gasteiger partial charge on any atom is 0.417 e. The molecule has 0 bridgehead atoms. The number of nitrogens with zero attached hydrogens (tertiary/aromatic N) is 4. The number of carbonyl (C=O) groups is 3. The van der Waals surface area contributed by atoms with Crippen molar-refractivity contribution in [2.24, 2.45) is 0 Å². The maximum absolute atomic E-state index is 14.1. The lowest BCUT2D eigenvalue weighted by Gasteiger charge is -2.36. The number of anilines is 2. The molecule has 4 aromatic carbocycles. The molecule has 1 spiro atoms. The third-order valence-corrected chi connectivity index (χ3v) is 9.46. The van der Waals surface area contributed by atoms with Gasteiger partial charge in [0.1, 0.15) is 23.1 Å². The fraction of sp³-hybridized carbons (Fsp3) is 0.140. The molecule has 4 heterocycles. The normalized spacial score (nSPS) is 14.9. The topological polar surface area (TPSA) is 135 Å². The number of hydrogen-bond acceptors (Lipinski definition) is 9. The lowest BCUT2D eigenvalue weighted by atomic mass is 9.77. The molecule has 2 aliphatic heterocycles. The van der Waals surface area contributed by atoms with E-state index in [2.05, 4.69) is 20.6 Å². The number of amides is 3. The second-order valence-electron chi connectivity index (χ2n) is 13.5. The minimum Gasteiger partial charge on any atom is -0.456 e. The van der Waals surface area contributed by atoms with Crippen LogP contribution >= 0.6 is 0 Å². The molecule has 2 aromatic heterocycles. The number of urea groups is 1. The van der Waals surface area contributed by atoms with Gasteiger partial charge in [-0.3, -0.25) is 20.2 Å². The molecule has 2 N–H and O–H groups in total. The van der Waals surface area contributed by atoms with E-state index in [-0.39, 0.29) is 11.8 Å². The molecular weight excluding hydrogens is 716 g/mol. The standard InChI is InChI=1S/C43H35FN6O6/c1-49(2)41(52)47-29-14-16-35-38(22-29)54-39-23-30(15-17-36(39)43(35)34-12-5-4-11-33(34)40(51)56-43)48-42(53)55-37-13-6-3-9-27(37)24-50(25-31-10-7-8-19-45-31)26-32-21-28(44)18-20-46-32/h3-23H,24-26H2,1-2H3,(H,47,52)(H,48,53). The van der Waals surface area contributed by atoms with E-state index in [1.165, 1.54) is 23.2 Å². The summed E-state index contributed by atoms with van der Waals surface area (Å²) in [6.07, 6.45) is 2.39. The number of halogens is 1. The van der Waals surface area contributed by atoms with Gasteiger partial charge >= 0.3 is 18.1 Å². The molecule has 0 aliphatic carbocycles. The third-order valence-electron chi connectivity index (χ3n) is 9.46. The van der Waals surface area contributed by atoms with E-state index < -0.39 is 17.7 Å². The largest absolute Gasteiger partial charge is 0.456 e. The molecule has 2 aliphatic rings. The Labute approximate surface area is 321 Å². The second-order valence-corrected chi connectivity index (χ2v) is 13.5. The van der Waals surface area contributed by atoms with Gasteiger partial charge in [-0.1, -0.05) is 42.5 Å². The Morgan fingerprint density at radius 3 is 2.14 bits per heavy atom. The van der Waals surface area contributed by atoms with E-state index in [0.29, 0.717) is 81.8 Å². The molecule has 13 heteroatoms. The monoisotopic (exact) mass is 750 g/mol. The number of carbonyl (C=O) groups excluding carboxylic acids is 3. The average Bonchev–Trinajstić information content (AvgIpc) is 3.47. The van der Waals surface area contributed by atoms with Crippen molar-refractivity contribution < 1.29 is 33.0 Å². The summed E-state index contributed by atoms with van der Waals surface area (Å²) >= 11 is 0. The van der Waals surface area contributed by atoms with E-state index >= 15 is 0 Å². The van der Waals surface area contributed by atoms with Crippen molar-refractivity contribution in [2.75, 3.05) is 24.7 Å². The average molecular weight is 751 g/mol. The molecule has 0 saturated heterocycles. The van der Waals surface area contributed by atoms with E-state index in [4.69, 9.17) is 14.2 Å². The molecule has 6 aromatic rings. The Morgan fingerprint density at radius 1 is 0.732 bits per heavy atom. The van der Waals surface area contributed by atoms with Gasteiger partial charge in [-0.05, 0) is 60.7 Å². The van der Waals surface area contributed by atoms with Gasteiger partial charge in [0.25, 0.3) is 0 Å². The molecule has 0 saturated carbocycles. The van der Waals surface area contributed by atoms with E-state index in [0.717, 1.165) is 5.69 Å². The molecule has 280 valence electrons. The molecule has 8 rings (SSSR count). The molecule has 0 radical (unpaired) electrons. The number of para-hydroxylation sites is 1. The maximum atomic E-state index is 14.1. The number of rotatable bonds is 9. The van der Waals surface area contributed by atoms with Crippen molar-refractivity contribution in [2.45, 2.75) is 25.2 Å². The van der Waals surface area contributed by atoms with Gasteiger partial charge in [-0.25, -0.2) is 18.8 Å². The summed E-state index contributed by atoms with van der Waals surface area (Å²) in [5.41, 5.74) is 3.74. The predicted molar refractivity (Wildman–Crippen MR) is 205 cm³/mol. The molecule has 3 amide bonds. The number of esters is 1. The molecule has 56 heavy (non-hydrogen) atoms. The van der Waals surface area contributed by atoms with E-state index in [1.807, 2.05) is 47.4 Å². The zero-order valence-electron chi connectivity index (χ0n) is 30.4. The minimum atomic E-state index is -1.35. The highest BCUT2D eigenvalue weighted by Gasteiger charge is 2.53. The molecule has 1 atom stereocenters. The van der Waals surface area contributed by atoms with Crippen LogP contribution in [0.4, 0.5) is 25.4 Å². The lowest BCUT2D eigenvalue weighted by molar-refractivity contribution is 0.0224. The summed E-state index contributed by atoms with van der Waals surface area (Å²) in [6.45, 7) is 1.09. The number of hydrogen-bond donors (Lipinski definition) is 2. The zero-order valence-corrected chi connectivity index (χ0v) is 30.4. The molecule has 1 unspecified atom stereocenters. The number of ether oxygens (including phenoxy) is 3. The first-order valence-corrected chi connectivity index (χ1v) is 17.7. The summed E-state index contributed by atoms with van der Waals surface area (Å²) < 4.78 is 32.6. The Morgan fingerprint density at radius 2 is 1.41 bits per heavy atom. The van der Waals surface area contributed by atoms with Gasteiger partial charge in [0.2, 0.25) is 0 Å². The van der Waals surface area contributed by atoms with Crippen LogP contribution in [0.25, 0.3) is 0 Å². The second kappa shape index (κ2) is 15.0. The van der Waals surface area contributed by atoms with Crippen molar-refractivity contribution in [3.05, 3.63) is 173 Å². The summed E-state index contributed by atoms with van der Waals surface area (Å²) in [6, 6.07) is 32.6. The Kier molecular flexibility index (Phi) is 9.58. The zero-order chi connectivity index (χ0) is 38.8. The smallest absolute Gasteiger partial charge is 0.417 e. The highest BCUT2D eigenvalue weighted by molar-refractivity contribution is 5.97. The summed E-state index contributed by atoms with van der Waals surface area (Å²) in [5.74, 6) is 0.141. The number of nitrogens with one attached hydrogen (secondary N) is 2. The van der Waals surface area contributed by atoms with Crippen molar-refractivity contribution in [3.8, 4) is 17.2 Å². The number of fused-ring (bicyclic) bond motifs is 6. The molecule has 0 fully saturated rings. The van der Waals surface area contributed by atoms with Gasteiger partial charge in [0, 0.05) is 91.9 Å². The summed E-state index contributed by atoms with van der Waals surface area (Å²) in [5, 5.41) is 5.63. The van der Waals surface area contributed by atoms with Gasteiger partial charge in [0.05, 0.1) is 17.0 Å². The fourth-order valence-electron chi connectivity index (χ4n) is 6.94. The number of aromatic nitrogens is 2. The minimum absolute atomic E-state index is 0.317. The van der Waals surface area contributed by atoms with Gasteiger partial charge in [-0.15, -0.1) is 0 Å². The van der Waals surface area contributed by atoms with Crippen LogP contribution in [0, 0.1) is 5.82 Å². The van der Waals surface area contributed by atoms with E-state index in [9.17, 15) is 18.8 Å². The van der Waals surface area contributed by atoms with Crippen molar-refractivity contribution in [1.29, 1.82) is 0 Å². The van der Waals surface area contributed by atoms with Gasteiger partial charge in [-0.2, -0.15) is 0 Å². The SMILES string of the molecule is CN(C)C(=O)Nc1ccc2c(c1)Oc1cc(NC(=O)Oc3ccccc3CN(Cc3ccccn3)Cc3cc(F)ccn3)ccc1C21OC(=O)c2ccccc21. The van der Waals surface area contributed by atoms with Crippen LogP contribution in [0.5, 0.6) is 17.2 Å². The molecular formula is C43H35FN6O6. The van der Waals surface area contributed by atoms with E-state index in [1.54, 1.807) is 81.0 Å². The van der Waals surface area contributed by atoms with Crippen LogP contribution < -0.4 is 20.1 Å². The fourth-order valence-corrected chi connectivity index (χ4v) is 6.94.